The first kappa shape index (κ1) is 16.4. The second kappa shape index (κ2) is 7.06. The largest absolute Gasteiger partial charge is 0.319 e. The van der Waals surface area contributed by atoms with Crippen molar-refractivity contribution in [1.29, 1.82) is 0 Å². The van der Waals surface area contributed by atoms with E-state index in [2.05, 4.69) is 10.3 Å². The van der Waals surface area contributed by atoms with Gasteiger partial charge in [-0.3, -0.25) is 4.79 Å². The average Bonchev–Trinajstić information content (AvgIpc) is 3.20. The molecular weight excluding hydrogens is 356 g/mol. The van der Waals surface area contributed by atoms with Crippen molar-refractivity contribution in [2.24, 2.45) is 0 Å². The molecule has 2 heterocycles. The number of carbonyl (C=O) groups excluding carboxylic acids is 1. The minimum Gasteiger partial charge on any atom is -0.319 e. The van der Waals surface area contributed by atoms with Crippen LogP contribution in [0.4, 0.5) is 0 Å². The van der Waals surface area contributed by atoms with E-state index < -0.39 is 0 Å². The first-order valence-electron chi connectivity index (χ1n) is 8.20. The van der Waals surface area contributed by atoms with Gasteiger partial charge in [0.25, 0.3) is 0 Å². The van der Waals surface area contributed by atoms with E-state index in [-0.39, 0.29) is 12.1 Å². The van der Waals surface area contributed by atoms with Crippen molar-refractivity contribution in [3.63, 3.8) is 0 Å². The standard InChI is InChI=1S/C18H17ClN4OS/c19-13-5-7-14(8-6-13)25-12-11-22-17(9-10-18(22)24)23-16-4-2-1-3-15(16)20-21-23/h1-8,17H,9-12H2. The van der Waals surface area contributed by atoms with E-state index in [1.165, 1.54) is 0 Å². The highest BCUT2D eigenvalue weighted by Gasteiger charge is 2.33. The molecule has 128 valence electrons. The molecule has 0 aliphatic carbocycles. The molecule has 7 heteroatoms. The zero-order chi connectivity index (χ0) is 17.2. The normalized spacial score (nSPS) is 17.6. The molecule has 2 aromatic carbocycles. The zero-order valence-corrected chi connectivity index (χ0v) is 15.1. The van der Waals surface area contributed by atoms with Gasteiger partial charge in [0.15, 0.2) is 0 Å². The Morgan fingerprint density at radius 3 is 2.80 bits per heavy atom. The van der Waals surface area contributed by atoms with Gasteiger partial charge in [0.05, 0.1) is 5.52 Å². The lowest BCUT2D eigenvalue weighted by Gasteiger charge is -2.25. The Labute approximate surface area is 154 Å². The molecule has 4 rings (SSSR count). The Morgan fingerprint density at radius 2 is 1.96 bits per heavy atom. The highest BCUT2D eigenvalue weighted by Crippen LogP contribution is 2.30. The van der Waals surface area contributed by atoms with Crippen molar-refractivity contribution >= 4 is 40.3 Å². The monoisotopic (exact) mass is 372 g/mol. The van der Waals surface area contributed by atoms with Crippen LogP contribution in [0.3, 0.4) is 0 Å². The molecular formula is C18H17ClN4OS. The second-order valence-electron chi connectivity index (χ2n) is 5.93. The fourth-order valence-electron chi connectivity index (χ4n) is 3.15. The number of rotatable bonds is 5. The maximum absolute atomic E-state index is 12.3. The molecule has 0 spiro atoms. The topological polar surface area (TPSA) is 51.0 Å². The number of carbonyl (C=O) groups is 1. The van der Waals surface area contributed by atoms with Gasteiger partial charge in [-0.1, -0.05) is 28.9 Å². The summed E-state index contributed by atoms with van der Waals surface area (Å²) < 4.78 is 1.88. The van der Waals surface area contributed by atoms with E-state index in [1.807, 2.05) is 58.1 Å². The summed E-state index contributed by atoms with van der Waals surface area (Å²) in [6.45, 7) is 0.685. The highest BCUT2D eigenvalue weighted by atomic mass is 35.5. The van der Waals surface area contributed by atoms with Crippen LogP contribution in [0.2, 0.25) is 5.02 Å². The molecule has 1 saturated heterocycles. The molecule has 1 unspecified atom stereocenters. The first-order valence-corrected chi connectivity index (χ1v) is 9.56. The molecule has 5 nitrogen and oxygen atoms in total. The number of para-hydroxylation sites is 1. The van der Waals surface area contributed by atoms with E-state index >= 15 is 0 Å². The number of hydrogen-bond acceptors (Lipinski definition) is 4. The number of nitrogens with zero attached hydrogens (tertiary/aromatic N) is 4. The van der Waals surface area contributed by atoms with Crippen LogP contribution >= 0.6 is 23.4 Å². The van der Waals surface area contributed by atoms with Crippen molar-refractivity contribution in [3.8, 4) is 0 Å². The summed E-state index contributed by atoms with van der Waals surface area (Å²) in [4.78, 5) is 15.4. The summed E-state index contributed by atoms with van der Waals surface area (Å²) in [7, 11) is 0. The van der Waals surface area contributed by atoms with E-state index in [4.69, 9.17) is 11.6 Å². The van der Waals surface area contributed by atoms with Gasteiger partial charge in [-0.2, -0.15) is 0 Å². The van der Waals surface area contributed by atoms with Crippen LogP contribution < -0.4 is 0 Å². The van der Waals surface area contributed by atoms with E-state index in [1.54, 1.807) is 11.8 Å². The van der Waals surface area contributed by atoms with Gasteiger partial charge in [0.1, 0.15) is 11.7 Å². The van der Waals surface area contributed by atoms with E-state index in [9.17, 15) is 4.79 Å². The lowest BCUT2D eigenvalue weighted by atomic mass is 10.3. The molecule has 1 aromatic heterocycles. The minimum absolute atomic E-state index is 0.0503. The Kier molecular flexibility index (Phi) is 4.63. The van der Waals surface area contributed by atoms with Crippen molar-refractivity contribution in [3.05, 3.63) is 53.6 Å². The molecule has 1 fully saturated rings. The summed E-state index contributed by atoms with van der Waals surface area (Å²) in [5.74, 6) is 1.01. The fourth-order valence-corrected chi connectivity index (χ4v) is 4.12. The number of halogens is 1. The minimum atomic E-state index is -0.0503. The molecule has 1 amide bonds. The van der Waals surface area contributed by atoms with Crippen molar-refractivity contribution in [2.45, 2.75) is 23.9 Å². The third-order valence-electron chi connectivity index (χ3n) is 4.37. The lowest BCUT2D eigenvalue weighted by Crippen LogP contribution is -2.33. The van der Waals surface area contributed by atoms with Gasteiger partial charge in [-0.15, -0.1) is 16.9 Å². The predicted octanol–water partition coefficient (Wildman–Crippen LogP) is 4.00. The van der Waals surface area contributed by atoms with Crippen molar-refractivity contribution in [1.82, 2.24) is 19.9 Å². The van der Waals surface area contributed by atoms with Crippen LogP contribution in [0.1, 0.15) is 19.0 Å². The third-order valence-corrected chi connectivity index (χ3v) is 5.61. The van der Waals surface area contributed by atoms with Crippen LogP contribution in [-0.4, -0.2) is 38.1 Å². The summed E-state index contributed by atoms with van der Waals surface area (Å²) in [5.41, 5.74) is 1.83. The number of hydrogen-bond donors (Lipinski definition) is 0. The Hall–Kier alpha value is -2.05. The first-order chi connectivity index (χ1) is 12.2. The van der Waals surface area contributed by atoms with E-state index in [0.717, 1.165) is 33.1 Å². The average molecular weight is 373 g/mol. The molecule has 0 N–H and O–H groups in total. The van der Waals surface area contributed by atoms with Gasteiger partial charge in [-0.25, -0.2) is 4.68 Å². The SMILES string of the molecule is O=C1CCC(n2nnc3ccccc32)N1CCSc1ccc(Cl)cc1. The number of fused-ring (bicyclic) bond motifs is 1. The van der Waals surface area contributed by atoms with Crippen LogP contribution in [0.5, 0.6) is 0 Å². The van der Waals surface area contributed by atoms with Gasteiger partial charge in [0.2, 0.25) is 5.91 Å². The summed E-state index contributed by atoms with van der Waals surface area (Å²) in [6.07, 6.45) is 1.29. The summed E-state index contributed by atoms with van der Waals surface area (Å²) >= 11 is 7.64. The summed E-state index contributed by atoms with van der Waals surface area (Å²) in [6, 6.07) is 15.6. The van der Waals surface area contributed by atoms with Crippen LogP contribution in [0, 0.1) is 0 Å². The van der Waals surface area contributed by atoms with Crippen molar-refractivity contribution < 1.29 is 4.79 Å². The fraction of sp³-hybridized carbons (Fsp3) is 0.278. The molecule has 0 saturated carbocycles. The second-order valence-corrected chi connectivity index (χ2v) is 7.54. The molecule has 25 heavy (non-hydrogen) atoms. The Morgan fingerprint density at radius 1 is 1.16 bits per heavy atom. The lowest BCUT2D eigenvalue weighted by molar-refractivity contribution is -0.129. The molecule has 1 atom stereocenters. The molecule has 1 aliphatic heterocycles. The molecule has 1 aliphatic rings. The van der Waals surface area contributed by atoms with Gasteiger partial charge in [-0.05, 0) is 42.8 Å². The molecule has 3 aromatic rings. The quantitative estimate of drug-likeness (QED) is 0.635. The number of amides is 1. The van der Waals surface area contributed by atoms with E-state index in [0.29, 0.717) is 13.0 Å². The smallest absolute Gasteiger partial charge is 0.224 e. The number of likely N-dealkylation sites (tertiary alicyclic amines) is 1. The molecule has 0 radical (unpaired) electrons. The van der Waals surface area contributed by atoms with Crippen LogP contribution in [0.25, 0.3) is 11.0 Å². The number of thioether (sulfide) groups is 1. The number of benzene rings is 2. The Balaban J connectivity index is 1.47. The predicted molar refractivity (Wildman–Crippen MR) is 99.7 cm³/mol. The third kappa shape index (κ3) is 3.37. The highest BCUT2D eigenvalue weighted by molar-refractivity contribution is 7.99. The van der Waals surface area contributed by atoms with Gasteiger partial charge >= 0.3 is 0 Å². The van der Waals surface area contributed by atoms with Gasteiger partial charge in [0, 0.05) is 28.6 Å². The maximum Gasteiger partial charge on any atom is 0.224 e. The summed E-state index contributed by atoms with van der Waals surface area (Å²) in [5, 5.41) is 9.24. The maximum atomic E-state index is 12.3. The zero-order valence-electron chi connectivity index (χ0n) is 13.5. The van der Waals surface area contributed by atoms with Crippen LogP contribution in [0.15, 0.2) is 53.4 Å². The number of aromatic nitrogens is 3. The molecule has 0 bridgehead atoms. The van der Waals surface area contributed by atoms with Gasteiger partial charge < -0.3 is 4.90 Å². The Bertz CT molecular complexity index is 895. The van der Waals surface area contributed by atoms with Crippen LogP contribution in [-0.2, 0) is 4.79 Å². The van der Waals surface area contributed by atoms with Crippen molar-refractivity contribution in [2.75, 3.05) is 12.3 Å².